The van der Waals surface area contributed by atoms with E-state index in [1.807, 2.05) is 32.9 Å². The first-order valence-corrected chi connectivity index (χ1v) is 6.52. The van der Waals surface area contributed by atoms with E-state index >= 15 is 0 Å². The van der Waals surface area contributed by atoms with Crippen LogP contribution in [0.4, 0.5) is 5.69 Å². The Kier molecular flexibility index (Phi) is 5.30. The van der Waals surface area contributed by atoms with Gasteiger partial charge < -0.3 is 15.8 Å². The van der Waals surface area contributed by atoms with Crippen LogP contribution in [0.3, 0.4) is 0 Å². The zero-order chi connectivity index (χ0) is 14.6. The van der Waals surface area contributed by atoms with Crippen LogP contribution in [-0.2, 0) is 4.79 Å². The summed E-state index contributed by atoms with van der Waals surface area (Å²) in [7, 11) is 1.61. The molecule has 0 spiro atoms. The third-order valence-corrected chi connectivity index (χ3v) is 3.17. The number of rotatable bonds is 5. The lowest BCUT2D eigenvalue weighted by molar-refractivity contribution is -0.118. The van der Waals surface area contributed by atoms with E-state index in [9.17, 15) is 4.79 Å². The van der Waals surface area contributed by atoms with E-state index in [-0.39, 0.29) is 16.8 Å². The van der Waals surface area contributed by atoms with Crippen LogP contribution in [0.25, 0.3) is 0 Å². The number of hydrogen-bond acceptors (Lipinski definition) is 3. The first-order valence-electron chi connectivity index (χ1n) is 6.11. The molecule has 4 nitrogen and oxygen atoms in total. The Hall–Kier alpha value is -1.62. The molecule has 0 saturated heterocycles. The van der Waals surface area contributed by atoms with Crippen molar-refractivity contribution in [3.05, 3.63) is 23.8 Å². The number of amides is 1. The Morgan fingerprint density at radius 2 is 2.05 bits per heavy atom. The van der Waals surface area contributed by atoms with Gasteiger partial charge in [0.2, 0.25) is 5.91 Å². The molecule has 1 aromatic rings. The van der Waals surface area contributed by atoms with Gasteiger partial charge in [0, 0.05) is 5.69 Å². The van der Waals surface area contributed by atoms with Crippen molar-refractivity contribution in [2.45, 2.75) is 20.8 Å². The number of ether oxygens (including phenoxy) is 1. The van der Waals surface area contributed by atoms with E-state index in [0.717, 1.165) is 11.3 Å². The normalized spacial score (nSPS) is 12.1. The third kappa shape index (κ3) is 3.92. The Balaban J connectivity index is 2.87. The number of hydrogen-bond donors (Lipinski definition) is 2. The molecule has 0 fully saturated rings. The quantitative estimate of drug-likeness (QED) is 0.813. The maximum absolute atomic E-state index is 12.2. The largest absolute Gasteiger partial charge is 0.496 e. The smallest absolute Gasteiger partial charge is 0.234 e. The standard InChI is InChI=1S/C14H20N2O2S/c1-8(2)12(13(15)19)14(17)16-10-5-6-11(18-4)9(3)7-10/h5-8,12H,1-4H3,(H2,15,19)(H,16,17). The predicted molar refractivity (Wildman–Crippen MR) is 81.5 cm³/mol. The topological polar surface area (TPSA) is 64.3 Å². The number of aryl methyl sites for hydroxylation is 1. The molecule has 0 bridgehead atoms. The highest BCUT2D eigenvalue weighted by molar-refractivity contribution is 7.80. The van der Waals surface area contributed by atoms with Gasteiger partial charge in [0.1, 0.15) is 5.75 Å². The summed E-state index contributed by atoms with van der Waals surface area (Å²) >= 11 is 4.95. The van der Waals surface area contributed by atoms with Crippen LogP contribution < -0.4 is 15.8 Å². The van der Waals surface area contributed by atoms with Crippen LogP contribution in [0.5, 0.6) is 5.75 Å². The Morgan fingerprint density at radius 3 is 2.47 bits per heavy atom. The molecule has 1 rings (SSSR count). The van der Waals surface area contributed by atoms with Gasteiger partial charge in [-0.25, -0.2) is 0 Å². The van der Waals surface area contributed by atoms with Crippen LogP contribution >= 0.6 is 12.2 Å². The van der Waals surface area contributed by atoms with Gasteiger partial charge in [0.25, 0.3) is 0 Å². The van der Waals surface area contributed by atoms with Crippen LogP contribution in [0.15, 0.2) is 18.2 Å². The number of benzene rings is 1. The first kappa shape index (κ1) is 15.4. The molecule has 0 aromatic heterocycles. The van der Waals surface area contributed by atoms with E-state index in [1.165, 1.54) is 0 Å². The van der Waals surface area contributed by atoms with Gasteiger partial charge in [-0.15, -0.1) is 0 Å². The number of carbonyl (C=O) groups is 1. The molecule has 104 valence electrons. The second-order valence-corrected chi connectivity index (χ2v) is 5.27. The zero-order valence-electron chi connectivity index (χ0n) is 11.7. The first-order chi connectivity index (χ1) is 8.86. The van der Waals surface area contributed by atoms with Crippen LogP contribution in [0.2, 0.25) is 0 Å². The summed E-state index contributed by atoms with van der Waals surface area (Å²) in [4.78, 5) is 12.4. The molecule has 5 heteroatoms. The molecule has 3 N–H and O–H groups in total. The van der Waals surface area contributed by atoms with Gasteiger partial charge in [-0.3, -0.25) is 4.79 Å². The fourth-order valence-electron chi connectivity index (χ4n) is 1.94. The van der Waals surface area contributed by atoms with Crippen LogP contribution in [-0.4, -0.2) is 18.0 Å². The van der Waals surface area contributed by atoms with Crippen molar-refractivity contribution in [3.8, 4) is 5.75 Å². The Bertz CT molecular complexity index is 486. The molecule has 1 unspecified atom stereocenters. The maximum atomic E-state index is 12.2. The second kappa shape index (κ2) is 6.52. The van der Waals surface area contributed by atoms with Gasteiger partial charge in [-0.2, -0.15) is 0 Å². The highest BCUT2D eigenvalue weighted by Crippen LogP contribution is 2.22. The summed E-state index contributed by atoms with van der Waals surface area (Å²) in [6, 6.07) is 5.46. The number of nitrogens with one attached hydrogen (secondary N) is 1. The van der Waals surface area contributed by atoms with Crippen molar-refractivity contribution in [2.24, 2.45) is 17.6 Å². The van der Waals surface area contributed by atoms with E-state index in [2.05, 4.69) is 5.32 Å². The molecule has 0 heterocycles. The number of anilines is 1. The molecule has 0 aliphatic rings. The summed E-state index contributed by atoms with van der Waals surface area (Å²) in [5, 5.41) is 2.83. The molecular weight excluding hydrogens is 260 g/mol. The van der Waals surface area contributed by atoms with Gasteiger partial charge in [-0.05, 0) is 36.6 Å². The SMILES string of the molecule is COc1ccc(NC(=O)C(C(N)=S)C(C)C)cc1C. The van der Waals surface area contributed by atoms with Gasteiger partial charge in [0.15, 0.2) is 0 Å². The summed E-state index contributed by atoms with van der Waals surface area (Å²) in [6.07, 6.45) is 0. The Morgan fingerprint density at radius 1 is 1.42 bits per heavy atom. The highest BCUT2D eigenvalue weighted by atomic mass is 32.1. The van der Waals surface area contributed by atoms with Gasteiger partial charge in [-0.1, -0.05) is 26.1 Å². The van der Waals surface area contributed by atoms with E-state index in [1.54, 1.807) is 13.2 Å². The van der Waals surface area contributed by atoms with Gasteiger partial charge >= 0.3 is 0 Å². The summed E-state index contributed by atoms with van der Waals surface area (Å²) < 4.78 is 5.18. The third-order valence-electron chi connectivity index (χ3n) is 2.92. The van der Waals surface area contributed by atoms with Crippen LogP contribution in [0, 0.1) is 18.8 Å². The lowest BCUT2D eigenvalue weighted by Crippen LogP contribution is -2.36. The van der Waals surface area contributed by atoms with Crippen molar-refractivity contribution in [1.82, 2.24) is 0 Å². The zero-order valence-corrected chi connectivity index (χ0v) is 12.5. The molecule has 1 aromatic carbocycles. The van der Waals surface area contributed by atoms with Gasteiger partial charge in [0.05, 0.1) is 18.0 Å². The maximum Gasteiger partial charge on any atom is 0.234 e. The number of carbonyl (C=O) groups excluding carboxylic acids is 1. The van der Waals surface area contributed by atoms with Crippen molar-refractivity contribution in [1.29, 1.82) is 0 Å². The fourth-order valence-corrected chi connectivity index (χ4v) is 2.32. The van der Waals surface area contributed by atoms with Crippen molar-refractivity contribution >= 4 is 28.8 Å². The van der Waals surface area contributed by atoms with Crippen molar-refractivity contribution in [2.75, 3.05) is 12.4 Å². The predicted octanol–water partition coefficient (Wildman–Crippen LogP) is 2.50. The summed E-state index contributed by atoms with van der Waals surface area (Å²) in [5.41, 5.74) is 7.29. The molecular formula is C14H20N2O2S. The van der Waals surface area contributed by atoms with Crippen LogP contribution in [0.1, 0.15) is 19.4 Å². The number of nitrogens with two attached hydrogens (primary N) is 1. The fraction of sp³-hybridized carbons (Fsp3) is 0.429. The lowest BCUT2D eigenvalue weighted by Gasteiger charge is -2.19. The molecule has 0 radical (unpaired) electrons. The van der Waals surface area contributed by atoms with E-state index < -0.39 is 5.92 Å². The molecule has 0 saturated carbocycles. The molecule has 19 heavy (non-hydrogen) atoms. The average molecular weight is 280 g/mol. The minimum Gasteiger partial charge on any atom is -0.496 e. The van der Waals surface area contributed by atoms with E-state index in [0.29, 0.717) is 5.69 Å². The summed E-state index contributed by atoms with van der Waals surface area (Å²) in [5.74, 6) is 0.217. The summed E-state index contributed by atoms with van der Waals surface area (Å²) in [6.45, 7) is 5.76. The van der Waals surface area contributed by atoms with Crippen molar-refractivity contribution < 1.29 is 9.53 Å². The van der Waals surface area contributed by atoms with E-state index in [4.69, 9.17) is 22.7 Å². The minimum absolute atomic E-state index is 0.0665. The highest BCUT2D eigenvalue weighted by Gasteiger charge is 2.25. The van der Waals surface area contributed by atoms with Crippen molar-refractivity contribution in [3.63, 3.8) is 0 Å². The number of thiocarbonyl (C=S) groups is 1. The lowest BCUT2D eigenvalue weighted by atomic mass is 9.95. The number of methoxy groups -OCH3 is 1. The monoisotopic (exact) mass is 280 g/mol. The minimum atomic E-state index is -0.461. The Labute approximate surface area is 119 Å². The second-order valence-electron chi connectivity index (χ2n) is 4.80. The molecule has 1 atom stereocenters. The molecule has 0 aliphatic carbocycles. The molecule has 0 aliphatic heterocycles. The molecule has 1 amide bonds. The average Bonchev–Trinajstić information content (AvgIpc) is 2.27.